The molecule has 2 aromatic rings. The van der Waals surface area contributed by atoms with Crippen molar-refractivity contribution in [3.05, 3.63) is 45.9 Å². The van der Waals surface area contributed by atoms with Gasteiger partial charge in [0.1, 0.15) is 47.3 Å². The van der Waals surface area contributed by atoms with E-state index in [0.717, 1.165) is 38.5 Å². The molecule has 0 bridgehead atoms. The highest BCUT2D eigenvalue weighted by molar-refractivity contribution is 7.10. The van der Waals surface area contributed by atoms with E-state index in [1.54, 1.807) is 57.3 Å². The number of hydrogen-bond donors (Lipinski definition) is 1. The molecule has 2 aliphatic rings. The minimum Gasteiger partial charge on any atom is -0.491 e. The Morgan fingerprint density at radius 1 is 0.898 bits per heavy atom. The van der Waals surface area contributed by atoms with Crippen LogP contribution in [0.2, 0.25) is 0 Å². The van der Waals surface area contributed by atoms with Gasteiger partial charge in [-0.2, -0.15) is 0 Å². The summed E-state index contributed by atoms with van der Waals surface area (Å²) in [5, 5.41) is 5.44. The van der Waals surface area contributed by atoms with Crippen molar-refractivity contribution in [1.29, 1.82) is 0 Å². The Balaban J connectivity index is 1.25. The summed E-state index contributed by atoms with van der Waals surface area (Å²) in [7, 11) is 1.52. The zero-order valence-electron chi connectivity index (χ0n) is 35.2. The van der Waals surface area contributed by atoms with Gasteiger partial charge in [-0.3, -0.25) is 24.1 Å². The molecule has 1 N–H and O–H groups in total. The van der Waals surface area contributed by atoms with Crippen molar-refractivity contribution in [3.8, 4) is 5.75 Å². The number of ether oxygens (including phenoxy) is 7. The summed E-state index contributed by atoms with van der Waals surface area (Å²) >= 11 is 1.35. The van der Waals surface area contributed by atoms with Gasteiger partial charge in [0, 0.05) is 24.5 Å². The standard InChI is InChI=1S/C42H62N4O12S/c1-30(45(5)41(51)58-42(2,3)4)38(49)44-36(31-11-7-6-8-12-31)40(50)46-16-10-15-35(46)39-43-34(28-59-39)37(48)32-13-9-14-33(27-32)57-26-25-55-22-21-53-18-17-52-19-20-54-23-24-56-29-47/h9,13-14,27-31,35-36H,6-8,10-12,15-26H2,1-5H3,(H,44,49)/t30-,35-,36-/m0/s1. The fourth-order valence-electron chi connectivity index (χ4n) is 6.81. The van der Waals surface area contributed by atoms with Crippen molar-refractivity contribution in [3.63, 3.8) is 0 Å². The Labute approximate surface area is 351 Å². The van der Waals surface area contributed by atoms with Crippen LogP contribution in [0.1, 0.15) is 99.7 Å². The molecule has 3 amide bonds. The first kappa shape index (κ1) is 47.5. The Hall–Kier alpha value is -4.16. The number of nitrogens with zero attached hydrogens (tertiary/aromatic N) is 3. The predicted molar refractivity (Wildman–Crippen MR) is 218 cm³/mol. The van der Waals surface area contributed by atoms with Crippen LogP contribution in [0.3, 0.4) is 0 Å². The maximum absolute atomic E-state index is 14.4. The summed E-state index contributed by atoms with van der Waals surface area (Å²) in [6.07, 6.45) is 5.55. The lowest BCUT2D eigenvalue weighted by atomic mass is 9.83. The van der Waals surface area contributed by atoms with Gasteiger partial charge in [-0.05, 0) is 71.4 Å². The second kappa shape index (κ2) is 24.8. The molecule has 1 aliphatic carbocycles. The van der Waals surface area contributed by atoms with Crippen LogP contribution in [0.4, 0.5) is 4.79 Å². The summed E-state index contributed by atoms with van der Waals surface area (Å²) in [4.78, 5) is 72.2. The van der Waals surface area contributed by atoms with Gasteiger partial charge in [-0.15, -0.1) is 11.3 Å². The zero-order chi connectivity index (χ0) is 42.6. The third kappa shape index (κ3) is 15.8. The number of likely N-dealkylation sites (tertiary alicyclic amines) is 1. The Morgan fingerprint density at radius 3 is 2.15 bits per heavy atom. The molecule has 0 spiro atoms. The predicted octanol–water partition coefficient (Wildman–Crippen LogP) is 4.98. The molecule has 1 aromatic carbocycles. The number of carbonyl (C=O) groups excluding carboxylic acids is 5. The van der Waals surface area contributed by atoms with Gasteiger partial charge in [0.2, 0.25) is 17.6 Å². The van der Waals surface area contributed by atoms with E-state index in [-0.39, 0.29) is 36.9 Å². The van der Waals surface area contributed by atoms with Crippen LogP contribution in [0, 0.1) is 5.92 Å². The van der Waals surface area contributed by atoms with Gasteiger partial charge in [0.05, 0.1) is 58.9 Å². The molecule has 59 heavy (non-hydrogen) atoms. The number of amides is 3. The van der Waals surface area contributed by atoms with Gasteiger partial charge in [-0.1, -0.05) is 31.4 Å². The molecule has 0 unspecified atom stereocenters. The molecule has 3 atom stereocenters. The summed E-state index contributed by atoms with van der Waals surface area (Å²) in [6, 6.07) is 5.00. The molecule has 328 valence electrons. The number of carbonyl (C=O) groups is 5. The highest BCUT2D eigenvalue weighted by Crippen LogP contribution is 2.37. The number of aromatic nitrogens is 1. The third-order valence-electron chi connectivity index (χ3n) is 10.0. The monoisotopic (exact) mass is 846 g/mol. The van der Waals surface area contributed by atoms with Gasteiger partial charge in [-0.25, -0.2) is 9.78 Å². The summed E-state index contributed by atoms with van der Waals surface area (Å²) in [5.74, 6) is -0.326. The summed E-state index contributed by atoms with van der Waals surface area (Å²) in [5.41, 5.74) is 0.00659. The van der Waals surface area contributed by atoms with Crippen LogP contribution in [0.5, 0.6) is 5.75 Å². The smallest absolute Gasteiger partial charge is 0.410 e. The second-order valence-corrected chi connectivity index (χ2v) is 16.4. The van der Waals surface area contributed by atoms with E-state index in [1.165, 1.54) is 23.3 Å². The molecule has 2 heterocycles. The second-order valence-electron chi connectivity index (χ2n) is 15.5. The van der Waals surface area contributed by atoms with Crippen molar-refractivity contribution >= 4 is 41.5 Å². The molecule has 1 saturated carbocycles. The van der Waals surface area contributed by atoms with E-state index in [4.69, 9.17) is 33.4 Å². The Bertz CT molecular complexity index is 1630. The van der Waals surface area contributed by atoms with E-state index in [2.05, 4.69) is 10.1 Å². The number of rotatable bonds is 25. The van der Waals surface area contributed by atoms with Crippen LogP contribution in [-0.4, -0.2) is 142 Å². The molecule has 1 saturated heterocycles. The minimum atomic E-state index is -0.855. The number of thiazole rings is 1. The van der Waals surface area contributed by atoms with Crippen molar-refractivity contribution in [2.75, 3.05) is 79.7 Å². The summed E-state index contributed by atoms with van der Waals surface area (Å²) in [6.45, 7) is 11.5. The largest absolute Gasteiger partial charge is 0.491 e. The Morgan fingerprint density at radius 2 is 1.53 bits per heavy atom. The van der Waals surface area contributed by atoms with Crippen molar-refractivity contribution in [2.24, 2.45) is 5.92 Å². The lowest BCUT2D eigenvalue weighted by Crippen LogP contribution is -2.56. The first-order chi connectivity index (χ1) is 28.4. The molecular formula is C42H62N4O12S. The van der Waals surface area contributed by atoms with E-state index in [1.807, 2.05) is 4.90 Å². The quantitative estimate of drug-likeness (QED) is 0.0804. The number of nitrogens with one attached hydrogen (secondary N) is 1. The first-order valence-electron chi connectivity index (χ1n) is 20.6. The number of benzene rings is 1. The fourth-order valence-corrected chi connectivity index (χ4v) is 7.76. The maximum Gasteiger partial charge on any atom is 0.410 e. The lowest BCUT2D eigenvalue weighted by molar-refractivity contribution is -0.140. The molecule has 0 radical (unpaired) electrons. The topological polar surface area (TPSA) is 181 Å². The van der Waals surface area contributed by atoms with Crippen LogP contribution in [0.15, 0.2) is 29.6 Å². The van der Waals surface area contributed by atoms with E-state index in [0.29, 0.717) is 94.3 Å². The average Bonchev–Trinajstić information content (AvgIpc) is 3.92. The van der Waals surface area contributed by atoms with Gasteiger partial charge >= 0.3 is 6.09 Å². The lowest BCUT2D eigenvalue weighted by Gasteiger charge is -2.36. The highest BCUT2D eigenvalue weighted by atomic mass is 32.1. The summed E-state index contributed by atoms with van der Waals surface area (Å²) < 4.78 is 37.6. The van der Waals surface area contributed by atoms with Crippen molar-refractivity contribution in [1.82, 2.24) is 20.1 Å². The number of ketones is 1. The molecule has 2 fully saturated rings. The van der Waals surface area contributed by atoms with Gasteiger partial charge in [0.25, 0.3) is 6.47 Å². The third-order valence-corrected chi connectivity index (χ3v) is 11.0. The number of hydrogen-bond acceptors (Lipinski definition) is 14. The van der Waals surface area contributed by atoms with Crippen molar-refractivity contribution in [2.45, 2.75) is 96.4 Å². The van der Waals surface area contributed by atoms with E-state index < -0.39 is 29.7 Å². The fraction of sp³-hybridized carbons (Fsp3) is 0.667. The average molecular weight is 847 g/mol. The van der Waals surface area contributed by atoms with Gasteiger partial charge < -0.3 is 43.4 Å². The van der Waals surface area contributed by atoms with E-state index >= 15 is 0 Å². The molecule has 1 aliphatic heterocycles. The Kier molecular flexibility index (Phi) is 20.0. The van der Waals surface area contributed by atoms with Crippen LogP contribution in [0.25, 0.3) is 0 Å². The van der Waals surface area contributed by atoms with Crippen LogP contribution >= 0.6 is 11.3 Å². The van der Waals surface area contributed by atoms with E-state index in [9.17, 15) is 24.0 Å². The normalized spacial score (nSPS) is 16.9. The molecular weight excluding hydrogens is 785 g/mol. The molecule has 1 aromatic heterocycles. The molecule has 16 nitrogen and oxygen atoms in total. The minimum absolute atomic E-state index is 0.0270. The van der Waals surface area contributed by atoms with Crippen LogP contribution in [-0.2, 0) is 42.8 Å². The maximum atomic E-state index is 14.4. The van der Waals surface area contributed by atoms with Crippen LogP contribution < -0.4 is 10.1 Å². The molecule has 4 rings (SSSR count). The van der Waals surface area contributed by atoms with Gasteiger partial charge in [0.15, 0.2) is 0 Å². The number of likely N-dealkylation sites (N-methyl/N-ethyl adjacent to an activating group) is 1. The SMILES string of the molecule is C[C@@H](C(=O)N[C@H](C(=O)N1CCC[C@H]1c1nc(C(=O)c2cccc(OCCOCCOCCOCCOCCOC=O)c2)cs1)C1CCCCC1)N(C)C(=O)OC(C)(C)C. The highest BCUT2D eigenvalue weighted by Gasteiger charge is 2.41. The first-order valence-corrected chi connectivity index (χ1v) is 21.4. The molecule has 17 heteroatoms. The van der Waals surface area contributed by atoms with Crippen molar-refractivity contribution < 1.29 is 57.1 Å². The zero-order valence-corrected chi connectivity index (χ0v) is 36.0.